The predicted octanol–water partition coefficient (Wildman–Crippen LogP) is 5.95. The standard InChI is InChI=1S/C25H14N3/c1-3-9-18-17(8-1)15-19(21-14-13-16-7-2-4-10-20(16)26-21)25-24(18)27-22-11-5-6-12-23(22)28-25/h1-14H. The first kappa shape index (κ1) is 15.2. The summed E-state index contributed by atoms with van der Waals surface area (Å²) in [6.07, 6.45) is 0. The van der Waals surface area contributed by atoms with Crippen molar-refractivity contribution in [1.29, 1.82) is 0 Å². The van der Waals surface area contributed by atoms with E-state index >= 15 is 0 Å². The van der Waals surface area contributed by atoms with Gasteiger partial charge in [-0.2, -0.15) is 0 Å². The third-order valence-corrected chi connectivity index (χ3v) is 5.10. The maximum absolute atomic E-state index is 4.95. The summed E-state index contributed by atoms with van der Waals surface area (Å²) in [6, 6.07) is 32.0. The molecular formula is C25H14N3. The van der Waals surface area contributed by atoms with Crippen LogP contribution in [-0.4, -0.2) is 15.0 Å². The molecule has 0 aliphatic heterocycles. The minimum Gasteiger partial charge on any atom is -0.248 e. The first-order valence-electron chi connectivity index (χ1n) is 9.23. The van der Waals surface area contributed by atoms with Gasteiger partial charge in [-0.25, -0.2) is 15.0 Å². The van der Waals surface area contributed by atoms with E-state index in [2.05, 4.69) is 30.3 Å². The van der Waals surface area contributed by atoms with Crippen LogP contribution in [0.3, 0.4) is 0 Å². The summed E-state index contributed by atoms with van der Waals surface area (Å²) in [5.41, 5.74) is 6.20. The average Bonchev–Trinajstić information content (AvgIpc) is 2.77. The van der Waals surface area contributed by atoms with Crippen molar-refractivity contribution in [3.8, 4) is 11.3 Å². The van der Waals surface area contributed by atoms with Crippen LogP contribution in [0.5, 0.6) is 0 Å². The van der Waals surface area contributed by atoms with Gasteiger partial charge in [0.15, 0.2) is 0 Å². The molecule has 2 aromatic heterocycles. The fraction of sp³-hybridized carbons (Fsp3) is 0. The lowest BCUT2D eigenvalue weighted by Crippen LogP contribution is -1.94. The highest BCUT2D eigenvalue weighted by Gasteiger charge is 2.14. The van der Waals surface area contributed by atoms with E-state index in [0.717, 1.165) is 55.0 Å². The van der Waals surface area contributed by atoms with Crippen molar-refractivity contribution in [2.75, 3.05) is 0 Å². The quantitative estimate of drug-likeness (QED) is 0.270. The van der Waals surface area contributed by atoms with Gasteiger partial charge in [0, 0.05) is 22.4 Å². The molecule has 0 N–H and O–H groups in total. The molecule has 3 heteroatoms. The van der Waals surface area contributed by atoms with Gasteiger partial charge >= 0.3 is 0 Å². The topological polar surface area (TPSA) is 38.7 Å². The van der Waals surface area contributed by atoms with E-state index in [1.807, 2.05) is 60.7 Å². The molecule has 129 valence electrons. The van der Waals surface area contributed by atoms with Crippen molar-refractivity contribution in [1.82, 2.24) is 15.0 Å². The summed E-state index contributed by atoms with van der Waals surface area (Å²) in [7, 11) is 0. The molecule has 0 aliphatic carbocycles. The molecule has 4 aromatic carbocycles. The van der Waals surface area contributed by atoms with Crippen LogP contribution in [0, 0.1) is 6.07 Å². The molecule has 0 amide bonds. The smallest absolute Gasteiger partial charge is 0.100 e. The number of aromatic nitrogens is 3. The van der Waals surface area contributed by atoms with Gasteiger partial charge in [-0.05, 0) is 29.7 Å². The Labute approximate surface area is 161 Å². The summed E-state index contributed by atoms with van der Waals surface area (Å²) in [6.45, 7) is 0. The van der Waals surface area contributed by atoms with E-state index in [-0.39, 0.29) is 0 Å². The first-order valence-corrected chi connectivity index (χ1v) is 9.23. The summed E-state index contributed by atoms with van der Waals surface area (Å²) in [4.78, 5) is 14.8. The third kappa shape index (κ3) is 2.26. The van der Waals surface area contributed by atoms with Gasteiger partial charge in [0.2, 0.25) is 0 Å². The van der Waals surface area contributed by atoms with Crippen LogP contribution in [0.25, 0.3) is 55.0 Å². The van der Waals surface area contributed by atoms with Crippen molar-refractivity contribution in [2.45, 2.75) is 0 Å². The zero-order valence-corrected chi connectivity index (χ0v) is 14.9. The molecule has 0 fully saturated rings. The van der Waals surface area contributed by atoms with Gasteiger partial charge in [0.25, 0.3) is 0 Å². The average molecular weight is 356 g/mol. The van der Waals surface area contributed by atoms with Crippen LogP contribution in [0.2, 0.25) is 0 Å². The highest BCUT2D eigenvalue weighted by molar-refractivity contribution is 6.11. The zero-order chi connectivity index (χ0) is 18.5. The Morgan fingerprint density at radius 2 is 1.21 bits per heavy atom. The Hall–Kier alpha value is -3.85. The molecule has 0 spiro atoms. The van der Waals surface area contributed by atoms with E-state index in [1.165, 1.54) is 0 Å². The number of pyridine rings is 1. The van der Waals surface area contributed by atoms with Crippen molar-refractivity contribution in [3.63, 3.8) is 0 Å². The fourth-order valence-corrected chi connectivity index (χ4v) is 3.75. The Kier molecular flexibility index (Phi) is 3.17. The lowest BCUT2D eigenvalue weighted by atomic mass is 10.0. The Balaban J connectivity index is 1.77. The molecule has 2 heterocycles. The summed E-state index contributed by atoms with van der Waals surface area (Å²) < 4.78 is 0. The number of hydrogen-bond donors (Lipinski definition) is 0. The van der Waals surface area contributed by atoms with Gasteiger partial charge in [0.1, 0.15) is 5.52 Å². The van der Waals surface area contributed by atoms with E-state index in [9.17, 15) is 0 Å². The van der Waals surface area contributed by atoms with Crippen LogP contribution in [-0.2, 0) is 0 Å². The molecule has 28 heavy (non-hydrogen) atoms. The largest absolute Gasteiger partial charge is 0.248 e. The van der Waals surface area contributed by atoms with Gasteiger partial charge in [-0.1, -0.05) is 60.7 Å². The first-order chi connectivity index (χ1) is 13.9. The van der Waals surface area contributed by atoms with Crippen molar-refractivity contribution in [2.24, 2.45) is 0 Å². The molecule has 0 bridgehead atoms. The van der Waals surface area contributed by atoms with Crippen LogP contribution < -0.4 is 0 Å². The predicted molar refractivity (Wildman–Crippen MR) is 114 cm³/mol. The van der Waals surface area contributed by atoms with Crippen molar-refractivity contribution in [3.05, 3.63) is 91.0 Å². The van der Waals surface area contributed by atoms with E-state index in [1.54, 1.807) is 0 Å². The normalized spacial score (nSPS) is 11.6. The number of fused-ring (bicyclic) bond motifs is 5. The molecule has 0 unspecified atom stereocenters. The SMILES string of the molecule is [c]1c(-c2ccc3ccccc3n2)c2nc3ccccc3nc2c2ccccc12. The zero-order valence-electron chi connectivity index (χ0n) is 14.9. The van der Waals surface area contributed by atoms with Crippen LogP contribution >= 0.6 is 0 Å². The van der Waals surface area contributed by atoms with Gasteiger partial charge in [-0.15, -0.1) is 0 Å². The Bertz CT molecular complexity index is 1520. The van der Waals surface area contributed by atoms with Crippen LogP contribution in [0.1, 0.15) is 0 Å². The highest BCUT2D eigenvalue weighted by atomic mass is 14.8. The Morgan fingerprint density at radius 3 is 2.07 bits per heavy atom. The monoisotopic (exact) mass is 356 g/mol. The second-order valence-electron chi connectivity index (χ2n) is 6.84. The number of hydrogen-bond acceptors (Lipinski definition) is 3. The van der Waals surface area contributed by atoms with E-state index in [0.29, 0.717) is 0 Å². The number of benzene rings is 4. The lowest BCUT2D eigenvalue weighted by Gasteiger charge is -2.10. The molecule has 0 saturated heterocycles. The number of para-hydroxylation sites is 3. The van der Waals surface area contributed by atoms with Crippen LogP contribution in [0.4, 0.5) is 0 Å². The van der Waals surface area contributed by atoms with Crippen molar-refractivity contribution >= 4 is 43.7 Å². The molecule has 6 rings (SSSR count). The summed E-state index contributed by atoms with van der Waals surface area (Å²) >= 11 is 0. The molecule has 3 nitrogen and oxygen atoms in total. The fourth-order valence-electron chi connectivity index (χ4n) is 3.75. The highest BCUT2D eigenvalue weighted by Crippen LogP contribution is 2.33. The van der Waals surface area contributed by atoms with E-state index < -0.39 is 0 Å². The second kappa shape index (κ2) is 5.83. The molecule has 0 atom stereocenters. The maximum atomic E-state index is 4.95. The second-order valence-corrected chi connectivity index (χ2v) is 6.84. The van der Waals surface area contributed by atoms with Gasteiger partial charge in [0.05, 0.1) is 27.8 Å². The molecule has 0 saturated carbocycles. The maximum Gasteiger partial charge on any atom is 0.100 e. The molecule has 1 radical (unpaired) electrons. The minimum absolute atomic E-state index is 0.834. The van der Waals surface area contributed by atoms with Crippen LogP contribution in [0.15, 0.2) is 84.9 Å². The summed E-state index contributed by atoms with van der Waals surface area (Å²) in [5.74, 6) is 0. The Morgan fingerprint density at radius 1 is 0.536 bits per heavy atom. The lowest BCUT2D eigenvalue weighted by molar-refractivity contribution is 1.37. The molecular weight excluding hydrogens is 342 g/mol. The van der Waals surface area contributed by atoms with Crippen molar-refractivity contribution < 1.29 is 0 Å². The number of rotatable bonds is 1. The van der Waals surface area contributed by atoms with E-state index in [4.69, 9.17) is 15.0 Å². The third-order valence-electron chi connectivity index (χ3n) is 5.10. The summed E-state index contributed by atoms with van der Waals surface area (Å²) in [5, 5.41) is 3.19. The number of nitrogens with zero attached hydrogens (tertiary/aromatic N) is 3. The van der Waals surface area contributed by atoms with Gasteiger partial charge in [-0.3, -0.25) is 0 Å². The molecule has 6 aromatic rings. The molecule has 0 aliphatic rings. The minimum atomic E-state index is 0.834. The van der Waals surface area contributed by atoms with Gasteiger partial charge < -0.3 is 0 Å².